The maximum atomic E-state index is 11.0. The third-order valence-electron chi connectivity index (χ3n) is 2.68. The van der Waals surface area contributed by atoms with Crippen LogP contribution in [0.1, 0.15) is 5.56 Å². The van der Waals surface area contributed by atoms with Gasteiger partial charge in [0, 0.05) is 12.1 Å². The summed E-state index contributed by atoms with van der Waals surface area (Å²) in [6.45, 7) is 0. The van der Waals surface area contributed by atoms with Crippen LogP contribution in [-0.2, 0) is 0 Å². The van der Waals surface area contributed by atoms with E-state index < -0.39 is 4.92 Å². The molecule has 1 heterocycles. The van der Waals surface area contributed by atoms with Crippen molar-refractivity contribution in [2.45, 2.75) is 0 Å². The maximum absolute atomic E-state index is 11.0. The van der Waals surface area contributed by atoms with Crippen molar-refractivity contribution in [1.82, 2.24) is 4.98 Å². The lowest BCUT2D eigenvalue weighted by molar-refractivity contribution is -0.384. The molecule has 0 atom stereocenters. The van der Waals surface area contributed by atoms with Crippen molar-refractivity contribution in [3.63, 3.8) is 0 Å². The zero-order valence-corrected chi connectivity index (χ0v) is 11.0. The van der Waals surface area contributed by atoms with E-state index >= 15 is 0 Å². The highest BCUT2D eigenvalue weighted by Crippen LogP contribution is 2.32. The van der Waals surface area contributed by atoms with Gasteiger partial charge in [-0.25, -0.2) is 4.98 Å². The average molecular weight is 285 g/mol. The van der Waals surface area contributed by atoms with E-state index in [-0.39, 0.29) is 17.3 Å². The molecule has 1 aromatic carbocycles. The fourth-order valence-electron chi connectivity index (χ4n) is 1.70. The van der Waals surface area contributed by atoms with Crippen LogP contribution >= 0.6 is 0 Å². The zero-order chi connectivity index (χ0) is 15.4. The number of hydrogen-bond donors (Lipinski definition) is 2. The number of aromatic nitrogens is 1. The van der Waals surface area contributed by atoms with Gasteiger partial charge in [-0.05, 0) is 18.2 Å². The van der Waals surface area contributed by atoms with Crippen LogP contribution in [0.2, 0.25) is 0 Å². The van der Waals surface area contributed by atoms with Crippen molar-refractivity contribution in [1.29, 1.82) is 5.26 Å². The predicted octanol–water partition coefficient (Wildman–Crippen LogP) is 2.20. The van der Waals surface area contributed by atoms with Gasteiger partial charge >= 0.3 is 5.69 Å². The van der Waals surface area contributed by atoms with Gasteiger partial charge in [0.1, 0.15) is 11.6 Å². The molecule has 1 aromatic heterocycles. The van der Waals surface area contributed by atoms with Gasteiger partial charge in [0.2, 0.25) is 5.82 Å². The minimum Gasteiger partial charge on any atom is -0.495 e. The van der Waals surface area contributed by atoms with Gasteiger partial charge in [-0.1, -0.05) is 0 Å². The van der Waals surface area contributed by atoms with Gasteiger partial charge < -0.3 is 15.8 Å². The number of pyridine rings is 1. The summed E-state index contributed by atoms with van der Waals surface area (Å²) in [5.74, 6) is 0.520. The minimum absolute atomic E-state index is 0.00278. The van der Waals surface area contributed by atoms with Gasteiger partial charge in [0.15, 0.2) is 0 Å². The number of nitrogens with one attached hydrogen (secondary N) is 1. The molecule has 0 amide bonds. The second-order valence-electron chi connectivity index (χ2n) is 4.01. The number of nitrogens with zero attached hydrogens (tertiary/aromatic N) is 3. The van der Waals surface area contributed by atoms with Crippen LogP contribution in [0.3, 0.4) is 0 Å². The lowest BCUT2D eigenvalue weighted by atomic mass is 10.2. The third-order valence-corrected chi connectivity index (χ3v) is 2.68. The Labute approximate surface area is 119 Å². The Bertz CT molecular complexity index is 739. The second-order valence-corrected chi connectivity index (χ2v) is 4.01. The van der Waals surface area contributed by atoms with Crippen molar-refractivity contribution in [2.24, 2.45) is 0 Å². The number of nitro groups is 1. The number of hydrogen-bond acceptors (Lipinski definition) is 7. The smallest absolute Gasteiger partial charge is 0.311 e. The first kappa shape index (κ1) is 14.1. The first-order valence-electron chi connectivity index (χ1n) is 5.81. The number of ether oxygens (including phenoxy) is 1. The van der Waals surface area contributed by atoms with Crippen molar-refractivity contribution in [2.75, 3.05) is 18.2 Å². The van der Waals surface area contributed by atoms with Crippen molar-refractivity contribution < 1.29 is 9.66 Å². The van der Waals surface area contributed by atoms with Crippen LogP contribution in [-0.4, -0.2) is 17.0 Å². The maximum Gasteiger partial charge on any atom is 0.311 e. The van der Waals surface area contributed by atoms with E-state index in [9.17, 15) is 10.1 Å². The van der Waals surface area contributed by atoms with Crippen LogP contribution in [0.15, 0.2) is 30.3 Å². The van der Waals surface area contributed by atoms with E-state index in [0.717, 1.165) is 0 Å². The molecule has 2 rings (SSSR count). The highest BCUT2D eigenvalue weighted by molar-refractivity contribution is 5.71. The fourth-order valence-corrected chi connectivity index (χ4v) is 1.70. The monoisotopic (exact) mass is 285 g/mol. The topological polar surface area (TPSA) is 127 Å². The molecule has 0 bridgehead atoms. The van der Waals surface area contributed by atoms with Gasteiger partial charge in [-0.2, -0.15) is 5.26 Å². The molecule has 106 valence electrons. The summed E-state index contributed by atoms with van der Waals surface area (Å²) in [5, 5.41) is 22.6. The Morgan fingerprint density at radius 2 is 2.19 bits per heavy atom. The van der Waals surface area contributed by atoms with Crippen LogP contribution < -0.4 is 15.8 Å². The SMILES string of the molecule is COc1cc(C#N)ccc1Nc1nc(N)ccc1[N+](=O)[O-]. The molecule has 0 saturated carbocycles. The number of nitrogen functional groups attached to an aromatic ring is 1. The Morgan fingerprint density at radius 3 is 2.81 bits per heavy atom. The second kappa shape index (κ2) is 5.75. The van der Waals surface area contributed by atoms with E-state index in [1.54, 1.807) is 12.1 Å². The Hall–Kier alpha value is -3.34. The quantitative estimate of drug-likeness (QED) is 0.651. The van der Waals surface area contributed by atoms with E-state index in [1.165, 1.54) is 25.3 Å². The highest BCUT2D eigenvalue weighted by Gasteiger charge is 2.17. The Morgan fingerprint density at radius 1 is 1.43 bits per heavy atom. The molecule has 0 fully saturated rings. The number of methoxy groups -OCH3 is 1. The number of rotatable bonds is 4. The van der Waals surface area contributed by atoms with Crippen molar-refractivity contribution >= 4 is 23.0 Å². The Kier molecular flexibility index (Phi) is 3.85. The first-order chi connectivity index (χ1) is 10.0. The summed E-state index contributed by atoms with van der Waals surface area (Å²) in [7, 11) is 1.43. The summed E-state index contributed by atoms with van der Waals surface area (Å²) in [4.78, 5) is 14.3. The number of nitrogens with two attached hydrogens (primary N) is 1. The largest absolute Gasteiger partial charge is 0.495 e. The molecule has 3 N–H and O–H groups in total. The third kappa shape index (κ3) is 2.98. The fraction of sp³-hybridized carbons (Fsp3) is 0.0769. The molecule has 0 aliphatic rings. The molecular weight excluding hydrogens is 274 g/mol. The van der Waals surface area contributed by atoms with Crippen LogP contribution in [0, 0.1) is 21.4 Å². The molecular formula is C13H11N5O3. The van der Waals surface area contributed by atoms with Crippen molar-refractivity contribution in [3.05, 3.63) is 46.0 Å². The normalized spacial score (nSPS) is 9.71. The first-order valence-corrected chi connectivity index (χ1v) is 5.81. The van der Waals surface area contributed by atoms with Crippen LogP contribution in [0.25, 0.3) is 0 Å². The Balaban J connectivity index is 2.45. The number of anilines is 3. The predicted molar refractivity (Wildman–Crippen MR) is 76.3 cm³/mol. The van der Waals surface area contributed by atoms with Gasteiger partial charge in [0.25, 0.3) is 0 Å². The molecule has 21 heavy (non-hydrogen) atoms. The van der Waals surface area contributed by atoms with Crippen LogP contribution in [0.5, 0.6) is 5.75 Å². The van der Waals surface area contributed by atoms with E-state index in [2.05, 4.69) is 10.3 Å². The molecule has 0 unspecified atom stereocenters. The van der Waals surface area contributed by atoms with Gasteiger partial charge in [-0.3, -0.25) is 10.1 Å². The summed E-state index contributed by atoms with van der Waals surface area (Å²) in [5.41, 5.74) is 6.19. The van der Waals surface area contributed by atoms with E-state index in [1.807, 2.05) is 6.07 Å². The van der Waals surface area contributed by atoms with Gasteiger partial charge in [-0.15, -0.1) is 0 Å². The highest BCUT2D eigenvalue weighted by atomic mass is 16.6. The molecule has 0 aliphatic heterocycles. The standard InChI is InChI=1S/C13H11N5O3/c1-21-11-6-8(7-14)2-3-9(11)16-13-10(18(19)20)4-5-12(15)17-13/h2-6H,1H3,(H3,15,16,17). The molecule has 2 aromatic rings. The molecule has 8 heteroatoms. The van der Waals surface area contributed by atoms with E-state index in [4.69, 9.17) is 15.7 Å². The lowest BCUT2D eigenvalue weighted by Gasteiger charge is -2.11. The average Bonchev–Trinajstić information content (AvgIpc) is 2.47. The summed E-state index contributed by atoms with van der Waals surface area (Å²) >= 11 is 0. The molecule has 0 radical (unpaired) electrons. The number of benzene rings is 1. The zero-order valence-electron chi connectivity index (χ0n) is 11.0. The summed E-state index contributed by atoms with van der Waals surface area (Å²) in [6.07, 6.45) is 0. The lowest BCUT2D eigenvalue weighted by Crippen LogP contribution is -2.03. The molecule has 8 nitrogen and oxygen atoms in total. The van der Waals surface area contributed by atoms with Crippen molar-refractivity contribution in [3.8, 4) is 11.8 Å². The van der Waals surface area contributed by atoms with Crippen LogP contribution in [0.4, 0.5) is 23.0 Å². The number of nitriles is 1. The van der Waals surface area contributed by atoms with E-state index in [0.29, 0.717) is 17.0 Å². The summed E-state index contributed by atoms with van der Waals surface area (Å²) in [6, 6.07) is 9.24. The molecule has 0 aliphatic carbocycles. The summed E-state index contributed by atoms with van der Waals surface area (Å²) < 4.78 is 5.15. The van der Waals surface area contributed by atoms with Gasteiger partial charge in [0.05, 0.1) is 29.4 Å². The minimum atomic E-state index is -0.565. The molecule has 0 spiro atoms. The molecule has 0 saturated heterocycles.